The molecular weight excluding hydrogens is 253 g/mol. The van der Waals surface area contributed by atoms with E-state index in [0.29, 0.717) is 0 Å². The van der Waals surface area contributed by atoms with E-state index in [9.17, 15) is 9.59 Å². The van der Waals surface area contributed by atoms with Crippen LogP contribution in [-0.2, 0) is 59.7 Å². The Morgan fingerprint density at radius 3 is 1.92 bits per heavy atom. The molecule has 0 aliphatic carbocycles. The summed E-state index contributed by atoms with van der Waals surface area (Å²) in [6, 6.07) is 0. The van der Waals surface area contributed by atoms with Gasteiger partial charge >= 0.3 is 5.97 Å². The first kappa shape index (κ1) is 15.0. The number of hydrogen-bond donors (Lipinski definition) is 0. The zero-order chi connectivity index (χ0) is 9.02. The number of carbonyl (C=O) groups excluding carboxylic acids is 2. The fourth-order valence-electron chi connectivity index (χ4n) is 0.358. The minimum atomic E-state index is -0.792. The standard InChI is InChI=1S/C7H12O3S.Y/c1-4(2)6(8)10-5(3)7(9)11;/h4-5H,1-3H3,(H,9,11);/p-1. The number of carbonyl (C=O) groups is 2. The Balaban J connectivity index is 0. The Hall–Kier alpha value is 0.464. The van der Waals surface area contributed by atoms with Crippen LogP contribution in [0.2, 0.25) is 0 Å². The topological polar surface area (TPSA) is 43.4 Å². The number of ether oxygens (including phenoxy) is 1. The van der Waals surface area contributed by atoms with Crippen LogP contribution < -0.4 is 0 Å². The van der Waals surface area contributed by atoms with Gasteiger partial charge in [-0.1, -0.05) is 13.8 Å². The third-order valence-electron chi connectivity index (χ3n) is 1.10. The summed E-state index contributed by atoms with van der Waals surface area (Å²) in [4.78, 5) is 21.3. The number of hydrogen-bond acceptors (Lipinski definition) is 4. The van der Waals surface area contributed by atoms with E-state index < -0.39 is 17.2 Å². The molecule has 0 heterocycles. The molecule has 5 heteroatoms. The SMILES string of the molecule is CC(C)C(=O)OC(C)C(=O)[S-].[Y]. The summed E-state index contributed by atoms with van der Waals surface area (Å²) >= 11 is 4.29. The smallest absolute Gasteiger partial charge is 0.309 e. The van der Waals surface area contributed by atoms with Crippen molar-refractivity contribution < 1.29 is 47.0 Å². The Labute approximate surface area is 103 Å². The predicted octanol–water partition coefficient (Wildman–Crippen LogP) is 0.645. The average Bonchev–Trinajstić information content (AvgIpc) is 1.87. The van der Waals surface area contributed by atoms with Crippen LogP contribution in [-0.4, -0.2) is 17.2 Å². The summed E-state index contributed by atoms with van der Waals surface area (Å²) in [6.07, 6.45) is -0.792. The summed E-state index contributed by atoms with van der Waals surface area (Å²) in [5, 5.41) is -0.543. The van der Waals surface area contributed by atoms with Crippen molar-refractivity contribution in [3.8, 4) is 0 Å². The van der Waals surface area contributed by atoms with E-state index in [1.165, 1.54) is 6.92 Å². The maximum absolute atomic E-state index is 10.8. The minimum Gasteiger partial charge on any atom is -0.738 e. The summed E-state index contributed by atoms with van der Waals surface area (Å²) < 4.78 is 4.68. The van der Waals surface area contributed by atoms with Crippen LogP contribution in [0.4, 0.5) is 0 Å². The number of rotatable bonds is 3. The fraction of sp³-hybridized carbons (Fsp3) is 0.714. The van der Waals surface area contributed by atoms with Gasteiger partial charge in [-0.15, -0.1) is 0 Å². The largest absolute Gasteiger partial charge is 0.738 e. The van der Waals surface area contributed by atoms with Crippen LogP contribution in [0, 0.1) is 5.92 Å². The molecule has 0 aromatic carbocycles. The molecule has 12 heavy (non-hydrogen) atoms. The van der Waals surface area contributed by atoms with E-state index in [0.717, 1.165) is 0 Å². The first-order valence-electron chi connectivity index (χ1n) is 3.36. The second-order valence-corrected chi connectivity index (χ2v) is 2.96. The van der Waals surface area contributed by atoms with E-state index in [-0.39, 0.29) is 38.6 Å². The van der Waals surface area contributed by atoms with Crippen molar-refractivity contribution in [3.63, 3.8) is 0 Å². The van der Waals surface area contributed by atoms with Gasteiger partial charge < -0.3 is 22.2 Å². The van der Waals surface area contributed by atoms with Gasteiger partial charge in [0.15, 0.2) is 0 Å². The van der Waals surface area contributed by atoms with Gasteiger partial charge in [0.2, 0.25) is 0 Å². The zero-order valence-electron chi connectivity index (χ0n) is 7.37. The minimum absolute atomic E-state index is 0. The Morgan fingerprint density at radius 1 is 1.25 bits per heavy atom. The fourth-order valence-corrected chi connectivity index (χ4v) is 0.407. The molecule has 1 unspecified atom stereocenters. The summed E-state index contributed by atoms with van der Waals surface area (Å²) in [5.41, 5.74) is 0. The van der Waals surface area contributed by atoms with Crippen LogP contribution in [0.1, 0.15) is 20.8 Å². The van der Waals surface area contributed by atoms with Crippen molar-refractivity contribution in [2.75, 3.05) is 0 Å². The van der Waals surface area contributed by atoms with Gasteiger partial charge in [-0.05, 0) is 6.92 Å². The van der Waals surface area contributed by atoms with E-state index in [1.54, 1.807) is 13.8 Å². The Kier molecular flexibility index (Phi) is 8.63. The second-order valence-electron chi connectivity index (χ2n) is 2.55. The first-order valence-corrected chi connectivity index (χ1v) is 3.77. The van der Waals surface area contributed by atoms with Crippen LogP contribution in [0.25, 0.3) is 0 Å². The van der Waals surface area contributed by atoms with Gasteiger partial charge in [-0.3, -0.25) is 4.79 Å². The summed E-state index contributed by atoms with van der Waals surface area (Å²) in [6.45, 7) is 4.86. The van der Waals surface area contributed by atoms with E-state index in [1.807, 2.05) is 0 Å². The molecule has 0 rings (SSSR count). The van der Waals surface area contributed by atoms with Gasteiger partial charge in [-0.2, -0.15) is 0 Å². The summed E-state index contributed by atoms with van der Waals surface area (Å²) in [7, 11) is 0. The van der Waals surface area contributed by atoms with Crippen molar-refractivity contribution in [1.29, 1.82) is 0 Å². The molecule has 0 fully saturated rings. The average molecular weight is 264 g/mol. The van der Waals surface area contributed by atoms with Crippen molar-refractivity contribution in [1.82, 2.24) is 0 Å². The second kappa shape index (κ2) is 6.92. The molecule has 0 spiro atoms. The molecule has 67 valence electrons. The molecule has 0 saturated heterocycles. The normalized spacial score (nSPS) is 11.7. The van der Waals surface area contributed by atoms with Gasteiger partial charge in [0, 0.05) is 32.7 Å². The molecule has 0 saturated carbocycles. The molecule has 0 N–H and O–H groups in total. The maximum Gasteiger partial charge on any atom is 0.309 e. The molecule has 0 aliphatic heterocycles. The molecule has 1 radical (unpaired) electrons. The summed E-state index contributed by atoms with van der Waals surface area (Å²) in [5.74, 6) is -0.609. The quantitative estimate of drug-likeness (QED) is 0.554. The van der Waals surface area contributed by atoms with E-state index >= 15 is 0 Å². The molecule has 0 aliphatic rings. The Bertz CT molecular complexity index is 170. The predicted molar refractivity (Wildman–Crippen MR) is 42.8 cm³/mol. The van der Waals surface area contributed by atoms with Crippen molar-refractivity contribution in [2.24, 2.45) is 5.92 Å². The maximum atomic E-state index is 10.8. The Morgan fingerprint density at radius 2 is 1.67 bits per heavy atom. The van der Waals surface area contributed by atoms with Gasteiger partial charge in [0.05, 0.1) is 11.0 Å². The van der Waals surface area contributed by atoms with Crippen molar-refractivity contribution in [2.45, 2.75) is 26.9 Å². The van der Waals surface area contributed by atoms with Gasteiger partial charge in [-0.25, -0.2) is 0 Å². The molecule has 3 nitrogen and oxygen atoms in total. The monoisotopic (exact) mass is 264 g/mol. The molecule has 0 amide bonds. The van der Waals surface area contributed by atoms with Crippen LogP contribution in [0.5, 0.6) is 0 Å². The van der Waals surface area contributed by atoms with Crippen LogP contribution >= 0.6 is 0 Å². The molecule has 0 aromatic rings. The van der Waals surface area contributed by atoms with E-state index in [4.69, 9.17) is 0 Å². The third-order valence-corrected chi connectivity index (χ3v) is 1.43. The van der Waals surface area contributed by atoms with Crippen molar-refractivity contribution in [3.05, 3.63) is 0 Å². The molecule has 1 atom stereocenters. The third kappa shape index (κ3) is 6.03. The zero-order valence-corrected chi connectivity index (χ0v) is 11.0. The first-order chi connectivity index (χ1) is 4.95. The molecule has 0 bridgehead atoms. The van der Waals surface area contributed by atoms with Crippen LogP contribution in [0.3, 0.4) is 0 Å². The molecule has 0 aromatic heterocycles. The number of esters is 1. The molecular formula is C7H11O3SY-. The van der Waals surface area contributed by atoms with Crippen LogP contribution in [0.15, 0.2) is 0 Å². The van der Waals surface area contributed by atoms with E-state index in [2.05, 4.69) is 17.4 Å². The van der Waals surface area contributed by atoms with Crippen molar-refractivity contribution >= 4 is 23.7 Å². The van der Waals surface area contributed by atoms with Gasteiger partial charge in [0.1, 0.15) is 6.10 Å². The van der Waals surface area contributed by atoms with Gasteiger partial charge in [0.25, 0.3) is 0 Å².